The summed E-state index contributed by atoms with van der Waals surface area (Å²) in [7, 11) is 0. The van der Waals surface area contributed by atoms with Crippen molar-refractivity contribution in [2.75, 3.05) is 30.0 Å². The van der Waals surface area contributed by atoms with Crippen molar-refractivity contribution in [2.24, 2.45) is 0 Å². The Kier molecular flexibility index (Phi) is 5.47. The van der Waals surface area contributed by atoms with Gasteiger partial charge in [0.05, 0.1) is 12.1 Å². The number of anilines is 1. The third kappa shape index (κ3) is 3.88. The summed E-state index contributed by atoms with van der Waals surface area (Å²) in [5, 5.41) is 22.5. The van der Waals surface area contributed by atoms with E-state index in [-0.39, 0.29) is 0 Å². The maximum Gasteiger partial charge on any atom is 0.206 e. The first-order chi connectivity index (χ1) is 13.9. The monoisotopic (exact) mass is 433 g/mol. The van der Waals surface area contributed by atoms with E-state index in [4.69, 9.17) is 4.74 Å². The fourth-order valence-electron chi connectivity index (χ4n) is 3.28. The Morgan fingerprint density at radius 2 is 2.29 bits per heavy atom. The Labute approximate surface area is 174 Å². The van der Waals surface area contributed by atoms with Crippen molar-refractivity contribution in [1.82, 2.24) is 29.9 Å². The third-order valence-corrected chi connectivity index (χ3v) is 7.91. The van der Waals surface area contributed by atoms with Crippen molar-refractivity contribution in [2.45, 2.75) is 34.5 Å². The van der Waals surface area contributed by atoms with E-state index < -0.39 is 0 Å². The first-order valence-corrected chi connectivity index (χ1v) is 12.0. The lowest BCUT2D eigenvalue weighted by Gasteiger charge is -2.13. The highest BCUT2D eigenvalue weighted by Gasteiger charge is 2.29. The summed E-state index contributed by atoms with van der Waals surface area (Å²) in [6, 6.07) is 4.27. The quantitative estimate of drug-likeness (QED) is 0.564. The molecule has 0 radical (unpaired) electrons. The van der Waals surface area contributed by atoms with Gasteiger partial charge in [0, 0.05) is 42.6 Å². The molecule has 2 aliphatic rings. The van der Waals surface area contributed by atoms with Gasteiger partial charge in [-0.3, -0.25) is 9.55 Å². The summed E-state index contributed by atoms with van der Waals surface area (Å²) in [6.45, 7) is 1.67. The van der Waals surface area contributed by atoms with Crippen LogP contribution < -0.4 is 5.32 Å². The molecule has 146 valence electrons. The van der Waals surface area contributed by atoms with Crippen molar-refractivity contribution in [3.63, 3.8) is 0 Å². The molecule has 8 nitrogen and oxygen atoms in total. The van der Waals surface area contributed by atoms with E-state index >= 15 is 0 Å². The van der Waals surface area contributed by atoms with Crippen LogP contribution in [-0.4, -0.2) is 60.7 Å². The summed E-state index contributed by atoms with van der Waals surface area (Å²) in [5.74, 6) is 2.79. The molecule has 28 heavy (non-hydrogen) atoms. The van der Waals surface area contributed by atoms with Crippen LogP contribution in [-0.2, 0) is 4.74 Å². The van der Waals surface area contributed by atoms with Crippen LogP contribution in [0.2, 0.25) is 0 Å². The molecule has 1 N–H and O–H groups in total. The van der Waals surface area contributed by atoms with E-state index in [9.17, 15) is 0 Å². The molecule has 0 aromatic carbocycles. The summed E-state index contributed by atoms with van der Waals surface area (Å²) in [6.07, 6.45) is 6.17. The molecular weight excluding hydrogens is 414 g/mol. The Balaban J connectivity index is 1.21. The molecule has 2 unspecified atom stereocenters. The van der Waals surface area contributed by atoms with Gasteiger partial charge in [0.25, 0.3) is 0 Å². The second-order valence-corrected chi connectivity index (χ2v) is 9.81. The fraction of sp³-hybridized carbons (Fsp3) is 0.471. The smallest absolute Gasteiger partial charge is 0.206 e. The molecule has 0 spiro atoms. The van der Waals surface area contributed by atoms with Crippen molar-refractivity contribution in [3.8, 4) is 11.4 Å². The van der Waals surface area contributed by atoms with E-state index in [2.05, 4.69) is 35.3 Å². The molecule has 3 aromatic rings. The number of nitrogens with zero attached hydrogens (tertiary/aromatic N) is 6. The van der Waals surface area contributed by atoms with Crippen molar-refractivity contribution in [3.05, 3.63) is 24.5 Å². The van der Waals surface area contributed by atoms with Crippen LogP contribution in [0.15, 0.2) is 34.0 Å². The zero-order valence-electron chi connectivity index (χ0n) is 15.0. The molecular formula is C17H19N7OS3. The summed E-state index contributed by atoms with van der Waals surface area (Å²) >= 11 is 5.09. The van der Waals surface area contributed by atoms with E-state index in [1.165, 1.54) is 0 Å². The highest BCUT2D eigenvalue weighted by molar-refractivity contribution is 8.01. The Morgan fingerprint density at radius 3 is 3.14 bits per heavy atom. The lowest BCUT2D eigenvalue weighted by molar-refractivity contribution is 0.120. The molecule has 1 fully saturated rings. The van der Waals surface area contributed by atoms with Gasteiger partial charge in [0.1, 0.15) is 0 Å². The van der Waals surface area contributed by atoms with Crippen molar-refractivity contribution >= 4 is 40.0 Å². The summed E-state index contributed by atoms with van der Waals surface area (Å²) in [5.41, 5.74) is 0.996. The number of thioether (sulfide) groups is 2. The Hall–Kier alpha value is -1.69. The summed E-state index contributed by atoms with van der Waals surface area (Å²) < 4.78 is 8.84. The second-order valence-electron chi connectivity index (χ2n) is 6.58. The first-order valence-electron chi connectivity index (χ1n) is 9.17. The van der Waals surface area contributed by atoms with Gasteiger partial charge in [-0.05, 0) is 25.0 Å². The first kappa shape index (κ1) is 18.3. The highest BCUT2D eigenvalue weighted by Crippen LogP contribution is 2.39. The van der Waals surface area contributed by atoms with Gasteiger partial charge in [0.2, 0.25) is 5.13 Å². The SMILES string of the molecule is c1cncc(-c2nnc3n2C(CSc2nnc(NCC4CCCO4)s2)CS3)c1. The molecule has 1 saturated heterocycles. The van der Waals surface area contributed by atoms with Crippen LogP contribution >= 0.6 is 34.9 Å². The van der Waals surface area contributed by atoms with Gasteiger partial charge in [-0.2, -0.15) is 0 Å². The minimum atomic E-state index is 0.300. The number of nitrogens with one attached hydrogen (secondary N) is 1. The largest absolute Gasteiger partial charge is 0.376 e. The molecule has 0 bridgehead atoms. The van der Waals surface area contributed by atoms with Crippen molar-refractivity contribution in [1.29, 1.82) is 0 Å². The lowest BCUT2D eigenvalue weighted by Crippen LogP contribution is -2.18. The molecule has 5 heterocycles. The average molecular weight is 434 g/mol. The molecule has 0 amide bonds. The Morgan fingerprint density at radius 1 is 1.29 bits per heavy atom. The normalized spacial score (nSPS) is 21.1. The predicted octanol–water partition coefficient (Wildman–Crippen LogP) is 3.22. The van der Waals surface area contributed by atoms with Gasteiger partial charge in [-0.25, -0.2) is 0 Å². The van der Waals surface area contributed by atoms with E-state index in [0.717, 1.165) is 63.5 Å². The lowest BCUT2D eigenvalue weighted by atomic mass is 10.2. The molecule has 2 atom stereocenters. The van der Waals surface area contributed by atoms with Gasteiger partial charge in [-0.15, -0.1) is 20.4 Å². The van der Waals surface area contributed by atoms with E-state index in [0.29, 0.717) is 12.1 Å². The topological polar surface area (TPSA) is 90.6 Å². The van der Waals surface area contributed by atoms with Gasteiger partial charge < -0.3 is 10.1 Å². The number of rotatable bonds is 7. The average Bonchev–Trinajstić information content (AvgIpc) is 3.51. The zero-order valence-corrected chi connectivity index (χ0v) is 17.5. The molecule has 5 rings (SSSR count). The van der Waals surface area contributed by atoms with Crippen LogP contribution in [0.1, 0.15) is 18.9 Å². The van der Waals surface area contributed by atoms with E-state index in [1.807, 2.05) is 18.3 Å². The van der Waals surface area contributed by atoms with Crippen LogP contribution in [0, 0.1) is 0 Å². The maximum atomic E-state index is 5.64. The number of hydrogen-bond donors (Lipinski definition) is 1. The molecule has 11 heteroatoms. The molecule has 2 aliphatic heterocycles. The second kappa shape index (κ2) is 8.36. The third-order valence-electron chi connectivity index (χ3n) is 4.66. The minimum absolute atomic E-state index is 0.300. The maximum absolute atomic E-state index is 5.64. The summed E-state index contributed by atoms with van der Waals surface area (Å²) in [4.78, 5) is 4.21. The standard InChI is InChI=1S/C17H19N7OS3/c1-3-11(7-18-5-1)14-20-22-16-24(14)12(9-26-16)10-27-17-23-21-15(28-17)19-8-13-4-2-6-25-13/h1,3,5,7,12-13H,2,4,6,8-10H2,(H,19,21). The number of hydrogen-bond acceptors (Lipinski definition) is 10. The number of fused-ring (bicyclic) bond motifs is 1. The Bertz CT molecular complexity index is 926. The molecule has 3 aromatic heterocycles. The number of aromatic nitrogens is 6. The highest BCUT2D eigenvalue weighted by atomic mass is 32.2. The van der Waals surface area contributed by atoms with Gasteiger partial charge in [0.15, 0.2) is 15.3 Å². The van der Waals surface area contributed by atoms with Crippen LogP contribution in [0.3, 0.4) is 0 Å². The fourth-order valence-corrected chi connectivity index (χ4v) is 6.37. The van der Waals surface area contributed by atoms with Crippen LogP contribution in [0.25, 0.3) is 11.4 Å². The number of pyridine rings is 1. The number of ether oxygens (including phenoxy) is 1. The van der Waals surface area contributed by atoms with Crippen molar-refractivity contribution < 1.29 is 4.74 Å². The molecule has 0 aliphatic carbocycles. The predicted molar refractivity (Wildman–Crippen MR) is 111 cm³/mol. The van der Waals surface area contributed by atoms with Gasteiger partial charge in [-0.1, -0.05) is 34.9 Å². The zero-order chi connectivity index (χ0) is 18.8. The van der Waals surface area contributed by atoms with Crippen LogP contribution in [0.5, 0.6) is 0 Å². The minimum Gasteiger partial charge on any atom is -0.376 e. The van der Waals surface area contributed by atoms with E-state index in [1.54, 1.807) is 41.1 Å². The molecule has 0 saturated carbocycles. The van der Waals surface area contributed by atoms with Crippen LogP contribution in [0.4, 0.5) is 5.13 Å². The van der Waals surface area contributed by atoms with Gasteiger partial charge >= 0.3 is 0 Å².